The van der Waals surface area contributed by atoms with Gasteiger partial charge in [0, 0.05) is 0 Å². The van der Waals surface area contributed by atoms with Crippen LogP contribution in [0, 0.1) is 13.8 Å². The molecule has 0 atom stereocenters. The number of halogens is 1. The van der Waals surface area contributed by atoms with Crippen molar-refractivity contribution in [3.63, 3.8) is 0 Å². The molecule has 4 aromatic rings. The van der Waals surface area contributed by atoms with Crippen LogP contribution in [0.4, 0.5) is 5.69 Å². The molecule has 0 fully saturated rings. The van der Waals surface area contributed by atoms with Crippen LogP contribution < -0.4 is 10.1 Å². The van der Waals surface area contributed by atoms with E-state index >= 15 is 0 Å². The van der Waals surface area contributed by atoms with Gasteiger partial charge in [0.25, 0.3) is 5.91 Å². The number of hydrogen-bond acceptors (Lipinski definition) is 4. The second kappa shape index (κ2) is 7.93. The maximum Gasteiger partial charge on any atom is 0.262 e. The van der Waals surface area contributed by atoms with Gasteiger partial charge in [0.15, 0.2) is 6.61 Å². The van der Waals surface area contributed by atoms with Crippen LogP contribution in [0.15, 0.2) is 60.7 Å². The van der Waals surface area contributed by atoms with Gasteiger partial charge in [-0.2, -0.15) is 4.80 Å². The fourth-order valence-electron chi connectivity index (χ4n) is 2.92. The summed E-state index contributed by atoms with van der Waals surface area (Å²) in [6.07, 6.45) is 0. The molecule has 1 heterocycles. The van der Waals surface area contributed by atoms with Crippen LogP contribution in [0.5, 0.6) is 5.75 Å². The first kappa shape index (κ1) is 19.0. The summed E-state index contributed by atoms with van der Waals surface area (Å²) in [5.41, 5.74) is 4.70. The van der Waals surface area contributed by atoms with Crippen LogP contribution in [0.2, 0.25) is 5.02 Å². The fraction of sp³-hybridized carbons (Fsp3) is 0.136. The molecule has 1 amide bonds. The molecular formula is C22H19ClN4O2. The van der Waals surface area contributed by atoms with Crippen molar-refractivity contribution < 1.29 is 9.53 Å². The standard InChI is InChI=1S/C22H19ClN4O2/c1-14-7-6-10-21(15(14)2)29-13-22(28)24-18-12-20-19(11-17(18)23)25-27(26-20)16-8-4-3-5-9-16/h3-12H,13H2,1-2H3,(H,24,28). The van der Waals surface area contributed by atoms with Crippen LogP contribution in [0.3, 0.4) is 0 Å². The Balaban J connectivity index is 1.50. The Bertz CT molecular complexity index is 1190. The number of anilines is 1. The summed E-state index contributed by atoms with van der Waals surface area (Å²) < 4.78 is 5.65. The average molecular weight is 407 g/mol. The summed E-state index contributed by atoms with van der Waals surface area (Å²) in [4.78, 5) is 13.9. The monoisotopic (exact) mass is 406 g/mol. The Labute approximate surface area is 173 Å². The molecule has 0 unspecified atom stereocenters. The molecule has 0 bridgehead atoms. The number of hydrogen-bond donors (Lipinski definition) is 1. The highest BCUT2D eigenvalue weighted by Gasteiger charge is 2.12. The fourth-order valence-corrected chi connectivity index (χ4v) is 3.13. The molecule has 6 nitrogen and oxygen atoms in total. The third-order valence-electron chi connectivity index (χ3n) is 4.64. The molecule has 0 aliphatic heterocycles. The summed E-state index contributed by atoms with van der Waals surface area (Å²) >= 11 is 6.33. The Morgan fingerprint density at radius 2 is 1.76 bits per heavy atom. The Hall–Kier alpha value is -3.38. The van der Waals surface area contributed by atoms with Crippen molar-refractivity contribution in [1.29, 1.82) is 0 Å². The third-order valence-corrected chi connectivity index (χ3v) is 4.96. The molecule has 3 aromatic carbocycles. The summed E-state index contributed by atoms with van der Waals surface area (Å²) in [5.74, 6) is 0.384. The molecule has 4 rings (SSSR count). The van der Waals surface area contributed by atoms with E-state index in [1.807, 2.05) is 62.4 Å². The number of para-hydroxylation sites is 1. The van der Waals surface area contributed by atoms with Crippen molar-refractivity contribution in [2.24, 2.45) is 0 Å². The number of carbonyl (C=O) groups excluding carboxylic acids is 1. The quantitative estimate of drug-likeness (QED) is 0.521. The lowest BCUT2D eigenvalue weighted by Crippen LogP contribution is -2.20. The van der Waals surface area contributed by atoms with Crippen LogP contribution >= 0.6 is 11.6 Å². The topological polar surface area (TPSA) is 69.0 Å². The highest BCUT2D eigenvalue weighted by Crippen LogP contribution is 2.27. The van der Waals surface area contributed by atoms with Crippen molar-refractivity contribution in [2.75, 3.05) is 11.9 Å². The van der Waals surface area contributed by atoms with Crippen molar-refractivity contribution in [1.82, 2.24) is 15.0 Å². The van der Waals surface area contributed by atoms with Crippen LogP contribution in [0.1, 0.15) is 11.1 Å². The van der Waals surface area contributed by atoms with E-state index in [4.69, 9.17) is 16.3 Å². The van der Waals surface area contributed by atoms with E-state index in [1.54, 1.807) is 12.1 Å². The molecule has 1 aromatic heterocycles. The Morgan fingerprint density at radius 1 is 1.03 bits per heavy atom. The Morgan fingerprint density at radius 3 is 2.52 bits per heavy atom. The molecule has 0 spiro atoms. The maximum atomic E-state index is 12.4. The van der Waals surface area contributed by atoms with Crippen molar-refractivity contribution in [3.8, 4) is 11.4 Å². The van der Waals surface area contributed by atoms with E-state index in [2.05, 4.69) is 15.5 Å². The number of nitrogens with zero attached hydrogens (tertiary/aromatic N) is 3. The molecule has 0 saturated heterocycles. The second-order valence-corrected chi connectivity index (χ2v) is 7.09. The summed E-state index contributed by atoms with van der Waals surface area (Å²) in [6.45, 7) is 3.85. The summed E-state index contributed by atoms with van der Waals surface area (Å²) in [7, 11) is 0. The predicted molar refractivity (Wildman–Crippen MR) is 114 cm³/mol. The van der Waals surface area contributed by atoms with Gasteiger partial charge in [-0.1, -0.05) is 41.9 Å². The number of fused-ring (bicyclic) bond motifs is 1. The lowest BCUT2D eigenvalue weighted by molar-refractivity contribution is -0.118. The van der Waals surface area contributed by atoms with Crippen molar-refractivity contribution >= 4 is 34.2 Å². The maximum absolute atomic E-state index is 12.4. The van der Waals surface area contributed by atoms with Gasteiger partial charge in [-0.15, -0.1) is 10.2 Å². The number of aromatic nitrogens is 3. The zero-order valence-corrected chi connectivity index (χ0v) is 16.8. The third kappa shape index (κ3) is 4.07. The number of rotatable bonds is 5. The predicted octanol–water partition coefficient (Wildman–Crippen LogP) is 4.71. The SMILES string of the molecule is Cc1cccc(OCC(=O)Nc2cc3nn(-c4ccccc4)nc3cc2Cl)c1C. The lowest BCUT2D eigenvalue weighted by Gasteiger charge is -2.11. The second-order valence-electron chi connectivity index (χ2n) is 6.68. The van der Waals surface area contributed by atoms with E-state index in [0.717, 1.165) is 16.8 Å². The lowest BCUT2D eigenvalue weighted by atomic mass is 10.1. The first-order valence-corrected chi connectivity index (χ1v) is 9.50. The largest absolute Gasteiger partial charge is 0.483 e. The van der Waals surface area contributed by atoms with Gasteiger partial charge in [0.05, 0.1) is 16.4 Å². The number of carbonyl (C=O) groups is 1. The molecule has 29 heavy (non-hydrogen) atoms. The van der Waals surface area contributed by atoms with E-state index in [0.29, 0.717) is 27.5 Å². The number of amides is 1. The first-order valence-electron chi connectivity index (χ1n) is 9.12. The van der Waals surface area contributed by atoms with Crippen LogP contribution in [-0.2, 0) is 4.79 Å². The minimum absolute atomic E-state index is 0.116. The van der Waals surface area contributed by atoms with Gasteiger partial charge in [0.2, 0.25) is 0 Å². The highest BCUT2D eigenvalue weighted by atomic mass is 35.5. The smallest absolute Gasteiger partial charge is 0.262 e. The van der Waals surface area contributed by atoms with Gasteiger partial charge in [-0.3, -0.25) is 4.79 Å². The summed E-state index contributed by atoms with van der Waals surface area (Å²) in [6, 6.07) is 18.7. The van der Waals surface area contributed by atoms with E-state index in [-0.39, 0.29) is 12.5 Å². The van der Waals surface area contributed by atoms with Gasteiger partial charge < -0.3 is 10.1 Å². The minimum Gasteiger partial charge on any atom is -0.483 e. The number of benzene rings is 3. The normalized spacial score (nSPS) is 10.9. The minimum atomic E-state index is -0.303. The molecule has 1 N–H and O–H groups in total. The van der Waals surface area contributed by atoms with Crippen LogP contribution in [-0.4, -0.2) is 27.5 Å². The number of nitrogens with one attached hydrogen (secondary N) is 1. The van der Waals surface area contributed by atoms with Gasteiger partial charge in [0.1, 0.15) is 16.8 Å². The van der Waals surface area contributed by atoms with E-state index < -0.39 is 0 Å². The molecule has 0 radical (unpaired) electrons. The number of ether oxygens (including phenoxy) is 1. The Kier molecular flexibility index (Phi) is 5.18. The van der Waals surface area contributed by atoms with Gasteiger partial charge in [-0.25, -0.2) is 0 Å². The highest BCUT2D eigenvalue weighted by molar-refractivity contribution is 6.34. The number of aryl methyl sites for hydroxylation is 1. The van der Waals surface area contributed by atoms with Crippen molar-refractivity contribution in [2.45, 2.75) is 13.8 Å². The molecular weight excluding hydrogens is 388 g/mol. The zero-order chi connectivity index (χ0) is 20.4. The summed E-state index contributed by atoms with van der Waals surface area (Å²) in [5, 5.41) is 12.1. The molecule has 146 valence electrons. The van der Waals surface area contributed by atoms with Gasteiger partial charge in [-0.05, 0) is 55.3 Å². The van der Waals surface area contributed by atoms with E-state index in [9.17, 15) is 4.79 Å². The van der Waals surface area contributed by atoms with Gasteiger partial charge >= 0.3 is 0 Å². The first-order chi connectivity index (χ1) is 14.0. The molecule has 0 aliphatic rings. The molecule has 0 saturated carbocycles. The van der Waals surface area contributed by atoms with Crippen molar-refractivity contribution in [3.05, 3.63) is 76.8 Å². The van der Waals surface area contributed by atoms with E-state index in [1.165, 1.54) is 4.80 Å². The molecule has 7 heteroatoms. The zero-order valence-electron chi connectivity index (χ0n) is 16.0. The molecule has 0 aliphatic carbocycles. The average Bonchev–Trinajstić information content (AvgIpc) is 3.13. The van der Waals surface area contributed by atoms with Crippen LogP contribution in [0.25, 0.3) is 16.7 Å².